The highest BCUT2D eigenvalue weighted by atomic mass is 35.5. The quantitative estimate of drug-likeness (QED) is 0.408. The molecule has 4 N–H and O–H groups in total. The van der Waals surface area contributed by atoms with Gasteiger partial charge in [0.25, 0.3) is 5.91 Å². The molecule has 158 valence electrons. The molecule has 8 nitrogen and oxygen atoms in total. The molecule has 30 heavy (non-hydrogen) atoms. The molecule has 1 aromatic heterocycles. The van der Waals surface area contributed by atoms with Gasteiger partial charge >= 0.3 is 0 Å². The smallest absolute Gasteiger partial charge is 0.277 e. The maximum Gasteiger partial charge on any atom is 0.277 e. The van der Waals surface area contributed by atoms with Gasteiger partial charge in [0.05, 0.1) is 10.0 Å². The van der Waals surface area contributed by atoms with Gasteiger partial charge in [-0.2, -0.15) is 0 Å². The molecule has 0 aliphatic rings. The summed E-state index contributed by atoms with van der Waals surface area (Å²) in [5.74, 6) is 0.176. The molecule has 0 fully saturated rings. The third-order valence-corrected chi connectivity index (χ3v) is 5.01. The summed E-state index contributed by atoms with van der Waals surface area (Å²) in [6.07, 6.45) is 0. The largest absolute Gasteiger partial charge is 0.489 e. The van der Waals surface area contributed by atoms with Crippen LogP contribution in [0.3, 0.4) is 0 Å². The van der Waals surface area contributed by atoms with Crippen LogP contribution in [0.15, 0.2) is 41.0 Å². The van der Waals surface area contributed by atoms with Crippen LogP contribution in [0, 0.1) is 0 Å². The zero-order chi connectivity index (χ0) is 21.5. The van der Waals surface area contributed by atoms with Crippen LogP contribution in [-0.2, 0) is 13.2 Å². The van der Waals surface area contributed by atoms with Gasteiger partial charge in [0.1, 0.15) is 12.4 Å². The number of amides is 1. The zero-order valence-electron chi connectivity index (χ0n) is 15.6. The molecule has 0 atom stereocenters. The summed E-state index contributed by atoms with van der Waals surface area (Å²) in [5, 5.41) is 14.3. The van der Waals surface area contributed by atoms with E-state index in [2.05, 4.69) is 25.6 Å². The molecule has 0 bridgehead atoms. The first-order chi connectivity index (χ1) is 14.4. The minimum absolute atomic E-state index is 0.0390. The number of anilines is 1. The van der Waals surface area contributed by atoms with E-state index in [9.17, 15) is 4.79 Å². The Morgan fingerprint density at radius 1 is 1.07 bits per heavy atom. The monoisotopic (exact) mass is 469 g/mol. The number of nitrogens with zero attached hydrogens (tertiary/aromatic N) is 2. The van der Waals surface area contributed by atoms with E-state index >= 15 is 0 Å². The lowest BCUT2D eigenvalue weighted by Crippen LogP contribution is -2.32. The van der Waals surface area contributed by atoms with E-state index in [0.717, 1.165) is 11.1 Å². The molecular formula is C19H18Cl3N5O3. The van der Waals surface area contributed by atoms with Crippen molar-refractivity contribution in [1.82, 2.24) is 20.9 Å². The second kappa shape index (κ2) is 10.5. The summed E-state index contributed by atoms with van der Waals surface area (Å²) in [4.78, 5) is 11.9. The van der Waals surface area contributed by atoms with Crippen molar-refractivity contribution in [3.63, 3.8) is 0 Å². The van der Waals surface area contributed by atoms with Gasteiger partial charge in [-0.15, -0.1) is 0 Å². The fourth-order valence-electron chi connectivity index (χ4n) is 2.54. The van der Waals surface area contributed by atoms with Crippen LogP contribution in [0.2, 0.25) is 15.1 Å². The highest BCUT2D eigenvalue weighted by Gasteiger charge is 2.15. The Labute approximate surface area is 187 Å². The lowest BCUT2D eigenvalue weighted by atomic mass is 10.2. The van der Waals surface area contributed by atoms with Gasteiger partial charge in [-0.25, -0.2) is 4.63 Å². The number of ether oxygens (including phenoxy) is 1. The summed E-state index contributed by atoms with van der Waals surface area (Å²) >= 11 is 18.1. The van der Waals surface area contributed by atoms with E-state index in [1.165, 1.54) is 0 Å². The van der Waals surface area contributed by atoms with E-state index in [1.54, 1.807) is 24.3 Å². The van der Waals surface area contributed by atoms with Crippen molar-refractivity contribution in [2.24, 2.45) is 0 Å². The number of carbonyl (C=O) groups is 1. The van der Waals surface area contributed by atoms with E-state index in [4.69, 9.17) is 45.3 Å². The summed E-state index contributed by atoms with van der Waals surface area (Å²) in [6.45, 7) is 1.66. The van der Waals surface area contributed by atoms with E-state index in [1.807, 2.05) is 12.1 Å². The van der Waals surface area contributed by atoms with Crippen LogP contribution in [0.5, 0.6) is 5.75 Å². The number of benzene rings is 2. The Hall–Kier alpha value is -2.52. The fraction of sp³-hybridized carbons (Fsp3) is 0.211. The number of rotatable bonds is 9. The predicted octanol–water partition coefficient (Wildman–Crippen LogP) is 3.71. The highest BCUT2D eigenvalue weighted by molar-refractivity contribution is 6.42. The first kappa shape index (κ1) is 22.2. The van der Waals surface area contributed by atoms with Gasteiger partial charge in [0, 0.05) is 30.2 Å². The predicted molar refractivity (Wildman–Crippen MR) is 115 cm³/mol. The van der Waals surface area contributed by atoms with Crippen LogP contribution >= 0.6 is 34.8 Å². The molecular weight excluding hydrogens is 453 g/mol. The number of aromatic nitrogens is 2. The van der Waals surface area contributed by atoms with Crippen LogP contribution in [0.25, 0.3) is 0 Å². The van der Waals surface area contributed by atoms with Crippen molar-refractivity contribution in [3.8, 4) is 5.75 Å². The molecule has 11 heteroatoms. The van der Waals surface area contributed by atoms with Crippen molar-refractivity contribution in [2.75, 3.05) is 18.8 Å². The number of carbonyl (C=O) groups excluding carboxylic acids is 1. The normalized spacial score (nSPS) is 10.8. The fourth-order valence-corrected chi connectivity index (χ4v) is 3.06. The van der Waals surface area contributed by atoms with Gasteiger partial charge in [-0.3, -0.25) is 4.79 Å². The van der Waals surface area contributed by atoms with E-state index < -0.39 is 5.91 Å². The molecule has 2 aromatic carbocycles. The highest BCUT2D eigenvalue weighted by Crippen LogP contribution is 2.26. The van der Waals surface area contributed by atoms with Crippen LogP contribution < -0.4 is 21.1 Å². The van der Waals surface area contributed by atoms with Crippen molar-refractivity contribution >= 4 is 46.5 Å². The topological polar surface area (TPSA) is 115 Å². The average molecular weight is 471 g/mol. The Morgan fingerprint density at radius 2 is 1.90 bits per heavy atom. The third-order valence-electron chi connectivity index (χ3n) is 4.03. The SMILES string of the molecule is Nc1nonc1C(=O)NCCNCc1cc(Cl)ccc1OCc1ccc(Cl)c(Cl)c1. The van der Waals surface area contributed by atoms with E-state index in [-0.39, 0.29) is 11.5 Å². The average Bonchev–Trinajstić information content (AvgIpc) is 3.15. The second-order valence-corrected chi connectivity index (χ2v) is 7.47. The second-order valence-electron chi connectivity index (χ2n) is 6.22. The lowest BCUT2D eigenvalue weighted by molar-refractivity contribution is 0.0944. The maximum absolute atomic E-state index is 11.9. The zero-order valence-corrected chi connectivity index (χ0v) is 17.9. The molecule has 1 amide bonds. The standard InChI is InChI=1S/C19H18Cl3N5O3/c20-13-2-4-16(29-10-11-1-3-14(21)15(22)7-11)12(8-13)9-24-5-6-25-19(28)17-18(23)27-30-26-17/h1-4,7-8,24H,5-6,9-10H2,(H2,23,27)(H,25,28). The molecule has 3 rings (SSSR count). The third kappa shape index (κ3) is 5.99. The number of nitrogen functional groups attached to an aromatic ring is 1. The molecule has 0 unspecified atom stereocenters. The molecule has 0 radical (unpaired) electrons. The molecule has 0 aliphatic heterocycles. The summed E-state index contributed by atoms with van der Waals surface area (Å²) < 4.78 is 10.3. The number of hydrogen-bond donors (Lipinski definition) is 3. The molecule has 0 saturated carbocycles. The Morgan fingerprint density at radius 3 is 2.63 bits per heavy atom. The van der Waals surface area contributed by atoms with Gasteiger partial charge in [0.2, 0.25) is 11.5 Å². The summed E-state index contributed by atoms with van der Waals surface area (Å²) in [7, 11) is 0. The summed E-state index contributed by atoms with van der Waals surface area (Å²) in [5.41, 5.74) is 7.21. The molecule has 3 aromatic rings. The minimum atomic E-state index is -0.455. The number of hydrogen-bond acceptors (Lipinski definition) is 7. The van der Waals surface area contributed by atoms with Gasteiger partial charge in [0.15, 0.2) is 0 Å². The molecule has 0 saturated heterocycles. The number of nitrogens with two attached hydrogens (primary N) is 1. The van der Waals surface area contributed by atoms with Crippen molar-refractivity contribution in [2.45, 2.75) is 13.2 Å². The Bertz CT molecular complexity index is 1030. The number of nitrogens with one attached hydrogen (secondary N) is 2. The van der Waals surface area contributed by atoms with Gasteiger partial charge in [-0.1, -0.05) is 40.9 Å². The molecule has 0 spiro atoms. The first-order valence-corrected chi connectivity index (χ1v) is 9.99. The van der Waals surface area contributed by atoms with Crippen LogP contribution in [-0.4, -0.2) is 29.3 Å². The van der Waals surface area contributed by atoms with Crippen LogP contribution in [0.4, 0.5) is 5.82 Å². The van der Waals surface area contributed by atoms with Crippen molar-refractivity contribution in [1.29, 1.82) is 0 Å². The minimum Gasteiger partial charge on any atom is -0.489 e. The van der Waals surface area contributed by atoms with Crippen molar-refractivity contribution in [3.05, 3.63) is 68.3 Å². The van der Waals surface area contributed by atoms with Gasteiger partial charge < -0.3 is 21.1 Å². The van der Waals surface area contributed by atoms with E-state index in [0.29, 0.717) is 47.1 Å². The Kier molecular flexibility index (Phi) is 7.75. The van der Waals surface area contributed by atoms with Crippen molar-refractivity contribution < 1.29 is 14.2 Å². The van der Waals surface area contributed by atoms with Gasteiger partial charge in [-0.05, 0) is 46.2 Å². The van der Waals surface area contributed by atoms with Crippen LogP contribution in [0.1, 0.15) is 21.6 Å². The molecule has 0 aliphatic carbocycles. The lowest BCUT2D eigenvalue weighted by Gasteiger charge is -2.13. The molecule has 1 heterocycles. The number of halogens is 3. The Balaban J connectivity index is 1.50. The first-order valence-electron chi connectivity index (χ1n) is 8.86. The summed E-state index contributed by atoms with van der Waals surface area (Å²) in [6, 6.07) is 10.7. The maximum atomic E-state index is 11.9.